The third-order valence-electron chi connectivity index (χ3n) is 18.9. The second-order valence-electron chi connectivity index (χ2n) is 26.9. The van der Waals surface area contributed by atoms with Crippen molar-refractivity contribution in [1.82, 2.24) is 25.3 Å². The number of nitrogens with two attached hydrogens (primary N) is 1. The molecule has 3 aromatic rings. The molecule has 1 saturated heterocycles. The SMILES string of the molecule is CC[C@H](C)[C@@H]([C@@H](CC(=O)N1CCC[C@H]1[C@H](OC)[C@@H](C)C(=O)C[C@H](C)[C@@H](O)c1ccccc1)OC)N(C)C(=O)[C@@H](CC(=O)C(C(C)C)N(C)C(=O)OCc1ccc(NC(=O)[C@H](CCCNC(N)=O)CC(=O)[C@@H](NC(=O)Cc2ccc(N3C(=O)C=CC3=O)cc2)C(C)C)cc1)C(C)C. The first kappa shape index (κ1) is 78.5. The van der Waals surface area contributed by atoms with Crippen molar-refractivity contribution in [3.8, 4) is 0 Å². The van der Waals surface area contributed by atoms with Crippen LogP contribution >= 0.6 is 0 Å². The normalized spacial score (nSPS) is 17.4. The van der Waals surface area contributed by atoms with Gasteiger partial charge < -0.3 is 55.7 Å². The summed E-state index contributed by atoms with van der Waals surface area (Å²) in [6.45, 7) is 18.9. The molecule has 9 amide bonds. The Kier molecular flexibility index (Phi) is 30.6. The van der Waals surface area contributed by atoms with Gasteiger partial charge in [0.25, 0.3) is 11.8 Å². The summed E-state index contributed by atoms with van der Waals surface area (Å²) < 4.78 is 17.9. The van der Waals surface area contributed by atoms with Crippen LogP contribution in [-0.4, -0.2) is 163 Å². The molecule has 0 radical (unpaired) electrons. The molecular weight excluding hydrogens is 1230 g/mol. The molecule has 2 aliphatic rings. The molecule has 0 aliphatic carbocycles. The number of urea groups is 1. The van der Waals surface area contributed by atoms with Crippen molar-refractivity contribution in [3.05, 3.63) is 108 Å². The summed E-state index contributed by atoms with van der Waals surface area (Å²) in [5.74, 6) is -7.00. The van der Waals surface area contributed by atoms with E-state index in [2.05, 4.69) is 16.0 Å². The lowest BCUT2D eigenvalue weighted by Crippen LogP contribution is -2.54. The van der Waals surface area contributed by atoms with Crippen LogP contribution in [0.4, 0.5) is 21.0 Å². The van der Waals surface area contributed by atoms with E-state index in [1.54, 1.807) is 86.3 Å². The van der Waals surface area contributed by atoms with E-state index in [4.69, 9.17) is 19.9 Å². The second kappa shape index (κ2) is 37.4. The van der Waals surface area contributed by atoms with Gasteiger partial charge in [-0.2, -0.15) is 0 Å². The Bertz CT molecular complexity index is 3160. The number of rotatable bonds is 38. The minimum Gasteiger partial charge on any atom is -0.445 e. The van der Waals surface area contributed by atoms with Crippen LogP contribution < -0.4 is 26.6 Å². The number of nitrogens with one attached hydrogen (secondary N) is 3. The van der Waals surface area contributed by atoms with Crippen LogP contribution in [0.3, 0.4) is 0 Å². The molecule has 23 heteroatoms. The monoisotopic (exact) mass is 1330 g/mol. The lowest BCUT2D eigenvalue weighted by atomic mass is 9.83. The Labute approximate surface area is 566 Å². The van der Waals surface area contributed by atoms with E-state index < -0.39 is 89.9 Å². The fourth-order valence-corrected chi connectivity index (χ4v) is 13.2. The van der Waals surface area contributed by atoms with E-state index in [0.717, 1.165) is 10.5 Å². The number of ketones is 3. The topological polar surface area (TPSA) is 311 Å². The Hall–Kier alpha value is -8.15. The maximum Gasteiger partial charge on any atom is 0.410 e. The largest absolute Gasteiger partial charge is 0.445 e. The number of carbonyl (C=O) groups excluding carboxylic acids is 11. The number of primary amides is 1. The number of likely N-dealkylation sites (tertiary alicyclic amines) is 1. The van der Waals surface area contributed by atoms with Crippen molar-refractivity contribution in [3.63, 3.8) is 0 Å². The van der Waals surface area contributed by atoms with E-state index in [0.29, 0.717) is 54.7 Å². The molecule has 12 atom stereocenters. The number of amides is 9. The van der Waals surface area contributed by atoms with Crippen molar-refractivity contribution >= 4 is 76.3 Å². The first-order valence-corrected chi connectivity index (χ1v) is 33.6. The molecule has 0 spiro atoms. The summed E-state index contributed by atoms with van der Waals surface area (Å²) in [6.07, 6.45) is 1.40. The van der Waals surface area contributed by atoms with Crippen LogP contribution in [0.1, 0.15) is 150 Å². The zero-order valence-corrected chi connectivity index (χ0v) is 58.5. The number of imide groups is 1. The summed E-state index contributed by atoms with van der Waals surface area (Å²) in [4.78, 5) is 154. The summed E-state index contributed by atoms with van der Waals surface area (Å²) in [5.41, 5.74) is 7.85. The first-order valence-electron chi connectivity index (χ1n) is 33.6. The molecular formula is C73H104N8O15. The summed E-state index contributed by atoms with van der Waals surface area (Å²) in [5, 5.41) is 19.2. The number of aliphatic hydroxyl groups is 1. The molecule has 2 heterocycles. The van der Waals surface area contributed by atoms with Gasteiger partial charge in [-0.3, -0.25) is 43.2 Å². The summed E-state index contributed by atoms with van der Waals surface area (Å²) in [7, 11) is 6.23. The Balaban J connectivity index is 1.19. The van der Waals surface area contributed by atoms with E-state index in [1.807, 2.05) is 85.7 Å². The third-order valence-corrected chi connectivity index (χ3v) is 18.9. The van der Waals surface area contributed by atoms with E-state index >= 15 is 0 Å². The van der Waals surface area contributed by atoms with E-state index in [1.165, 1.54) is 31.2 Å². The van der Waals surface area contributed by atoms with Gasteiger partial charge in [0.1, 0.15) is 12.4 Å². The van der Waals surface area contributed by atoms with E-state index in [-0.39, 0.29) is 116 Å². The average molecular weight is 1330 g/mol. The van der Waals surface area contributed by atoms with Crippen LogP contribution in [0.5, 0.6) is 0 Å². The molecule has 96 heavy (non-hydrogen) atoms. The zero-order valence-electron chi connectivity index (χ0n) is 58.5. The molecule has 0 bridgehead atoms. The predicted octanol–water partition coefficient (Wildman–Crippen LogP) is 8.54. The van der Waals surface area contributed by atoms with Crippen LogP contribution in [0, 0.1) is 47.3 Å². The van der Waals surface area contributed by atoms with Crippen molar-refractivity contribution in [2.24, 2.45) is 53.1 Å². The number of likely N-dealkylation sites (N-methyl/N-ethyl adjacent to an activating group) is 2. The number of ether oxygens (including phenoxy) is 3. The van der Waals surface area contributed by atoms with Crippen molar-refractivity contribution < 1.29 is 72.1 Å². The van der Waals surface area contributed by atoms with Crippen molar-refractivity contribution in [2.45, 2.75) is 183 Å². The second-order valence-corrected chi connectivity index (χ2v) is 26.9. The summed E-state index contributed by atoms with van der Waals surface area (Å²) >= 11 is 0. The Morgan fingerprint density at radius 3 is 1.90 bits per heavy atom. The molecule has 2 aliphatic heterocycles. The molecule has 526 valence electrons. The standard InChI is InChI=1S/C73H104N8O15/c1-15-46(8)67(60(94-13)41-64(88)80-36-20-24-56(80)69(95-14)48(10)57(82)37-47(9)68(89)51-21-17-16-18-22-51)78(11)71(91)55(43(2)3)40-59(84)66(45(6)7)79(12)73(93)96-42-50-25-29-53(30-26-50)76-70(90)52(23-19-35-75-72(74)92)39-58(83)65(44(4)5)77-61(85)38-49-27-31-54(32-28-49)81-62(86)33-34-63(81)87/h16-18,21-22,25-34,43-48,52,55-56,60,65-69,89H,15,19-20,23-24,35-42H2,1-14H3,(H,76,90)(H,77,85)(H3,74,75,92)/t46-,47-,48-,52+,55-,56-,60+,65-,66?,67-,68+,69+/m0/s1. The number of hydrogen-bond acceptors (Lipinski definition) is 15. The van der Waals surface area contributed by atoms with Gasteiger partial charge in [0.05, 0.1) is 61.0 Å². The fraction of sp³-hybridized carbons (Fsp3) is 0.575. The Morgan fingerprint density at radius 1 is 0.708 bits per heavy atom. The zero-order chi connectivity index (χ0) is 71.2. The van der Waals surface area contributed by atoms with Crippen LogP contribution in [-0.2, 0) is 70.4 Å². The lowest BCUT2D eigenvalue weighted by molar-refractivity contribution is -0.149. The summed E-state index contributed by atoms with van der Waals surface area (Å²) in [6, 6.07) is 18.4. The maximum atomic E-state index is 14.9. The number of benzene rings is 3. The first-order chi connectivity index (χ1) is 45.4. The highest BCUT2D eigenvalue weighted by atomic mass is 16.6. The van der Waals surface area contributed by atoms with Crippen LogP contribution in [0.25, 0.3) is 0 Å². The molecule has 0 saturated carbocycles. The van der Waals surface area contributed by atoms with E-state index in [9.17, 15) is 57.8 Å². The number of hydrogen-bond donors (Lipinski definition) is 5. The molecule has 1 fully saturated rings. The number of anilines is 2. The van der Waals surface area contributed by atoms with Gasteiger partial charge >= 0.3 is 12.1 Å². The average Bonchev–Trinajstić information content (AvgIpc) is 1.52. The smallest absolute Gasteiger partial charge is 0.410 e. The van der Waals surface area contributed by atoms with Gasteiger partial charge in [0, 0.05) is 96.3 Å². The molecule has 5 rings (SSSR count). The van der Waals surface area contributed by atoms with Gasteiger partial charge in [-0.05, 0) is 96.2 Å². The minimum atomic E-state index is -0.972. The van der Waals surface area contributed by atoms with Gasteiger partial charge in [-0.15, -0.1) is 0 Å². The fourth-order valence-electron chi connectivity index (χ4n) is 13.2. The van der Waals surface area contributed by atoms with Crippen molar-refractivity contribution in [1.29, 1.82) is 0 Å². The molecule has 0 aromatic heterocycles. The molecule has 3 aromatic carbocycles. The highest BCUT2D eigenvalue weighted by molar-refractivity contribution is 6.28. The van der Waals surface area contributed by atoms with Crippen LogP contribution in [0.2, 0.25) is 0 Å². The van der Waals surface area contributed by atoms with Gasteiger partial charge in [-0.1, -0.05) is 130 Å². The molecule has 1 unspecified atom stereocenters. The number of nitrogens with zero attached hydrogens (tertiary/aromatic N) is 4. The van der Waals surface area contributed by atoms with Crippen LogP contribution in [0.15, 0.2) is 91.0 Å². The number of Topliss-reactive ketones (excluding diaryl/α,β-unsaturated/α-hetero) is 3. The highest BCUT2D eigenvalue weighted by Gasteiger charge is 2.44. The van der Waals surface area contributed by atoms with Gasteiger partial charge in [0.15, 0.2) is 11.6 Å². The van der Waals surface area contributed by atoms with Gasteiger partial charge in [0.2, 0.25) is 23.6 Å². The number of methoxy groups -OCH3 is 2. The minimum absolute atomic E-state index is 0.0570. The lowest BCUT2D eigenvalue weighted by Gasteiger charge is -2.41. The predicted molar refractivity (Wildman–Crippen MR) is 364 cm³/mol. The molecule has 6 N–H and O–H groups in total. The van der Waals surface area contributed by atoms with Crippen molar-refractivity contribution in [2.75, 3.05) is 51.6 Å². The third kappa shape index (κ3) is 21.7. The highest BCUT2D eigenvalue weighted by Crippen LogP contribution is 2.34. The maximum absolute atomic E-state index is 14.9. The quantitative estimate of drug-likeness (QED) is 0.0265. The Morgan fingerprint density at radius 2 is 1.33 bits per heavy atom. The molecule has 23 nitrogen and oxygen atoms in total. The van der Waals surface area contributed by atoms with Gasteiger partial charge in [-0.25, -0.2) is 14.5 Å². The number of carbonyl (C=O) groups is 11. The number of aliphatic hydroxyl groups excluding tert-OH is 1.